The summed E-state index contributed by atoms with van der Waals surface area (Å²) in [5, 5.41) is 10.1. The normalized spacial score (nSPS) is 42.7. The molecule has 2 bridgehead atoms. The number of halogens is 4. The maximum Gasteiger partial charge on any atom is 0.417 e. The first-order chi connectivity index (χ1) is 12.6. The summed E-state index contributed by atoms with van der Waals surface area (Å²) in [5.41, 5.74) is -2.64. The Hall–Kier alpha value is -1.35. The van der Waals surface area contributed by atoms with Crippen LogP contribution in [0.25, 0.3) is 0 Å². The number of rotatable bonds is 1. The zero-order chi connectivity index (χ0) is 19.4. The number of fused-ring (bicyclic) bond motifs is 2. The van der Waals surface area contributed by atoms with Gasteiger partial charge in [0.2, 0.25) is 5.91 Å². The third kappa shape index (κ3) is 2.10. The van der Waals surface area contributed by atoms with E-state index in [0.717, 1.165) is 12.1 Å². The van der Waals surface area contributed by atoms with Gasteiger partial charge in [0.25, 0.3) is 0 Å². The highest BCUT2D eigenvalue weighted by molar-refractivity contribution is 6.31. The van der Waals surface area contributed by atoms with Gasteiger partial charge in [-0.3, -0.25) is 9.69 Å². The SMILES string of the molecule is C[C@]12O[C@@]3(CCO[C@H]4[C@@H]3[C@@H]1C(=O)N4c1ccc(Cl)c(C(F)(F)F)c1)C[C@H]2O. The third-order valence-corrected chi connectivity index (χ3v) is 6.95. The Morgan fingerprint density at radius 1 is 1.37 bits per heavy atom. The van der Waals surface area contributed by atoms with Gasteiger partial charge in [0.15, 0.2) is 0 Å². The number of hydrogen-bond acceptors (Lipinski definition) is 4. The summed E-state index contributed by atoms with van der Waals surface area (Å²) in [6, 6.07) is 3.41. The van der Waals surface area contributed by atoms with E-state index in [1.807, 2.05) is 0 Å². The van der Waals surface area contributed by atoms with Gasteiger partial charge in [0.05, 0.1) is 34.8 Å². The van der Waals surface area contributed by atoms with Crippen LogP contribution in [0.3, 0.4) is 0 Å². The van der Waals surface area contributed by atoms with Crippen LogP contribution in [-0.4, -0.2) is 41.2 Å². The number of aliphatic hydroxyl groups is 1. The van der Waals surface area contributed by atoms with Crippen molar-refractivity contribution in [3.8, 4) is 0 Å². The van der Waals surface area contributed by atoms with Gasteiger partial charge in [-0.2, -0.15) is 13.2 Å². The fourth-order valence-electron chi connectivity index (χ4n) is 5.48. The molecule has 5 rings (SSSR count). The largest absolute Gasteiger partial charge is 0.417 e. The molecule has 4 aliphatic heterocycles. The quantitative estimate of drug-likeness (QED) is 0.783. The lowest BCUT2D eigenvalue weighted by Gasteiger charge is -2.42. The second kappa shape index (κ2) is 5.17. The van der Waals surface area contributed by atoms with Crippen molar-refractivity contribution in [2.45, 2.75) is 49.5 Å². The van der Waals surface area contributed by atoms with E-state index in [1.165, 1.54) is 11.0 Å². The van der Waals surface area contributed by atoms with Crippen molar-refractivity contribution in [3.63, 3.8) is 0 Å². The van der Waals surface area contributed by atoms with Gasteiger partial charge in [-0.25, -0.2) is 0 Å². The number of amides is 1. The summed E-state index contributed by atoms with van der Waals surface area (Å²) < 4.78 is 51.8. The second-order valence-electron chi connectivity index (χ2n) is 7.96. The summed E-state index contributed by atoms with van der Waals surface area (Å²) in [6.45, 7) is 2.01. The van der Waals surface area contributed by atoms with Crippen LogP contribution in [0.4, 0.5) is 18.9 Å². The molecule has 1 spiro atoms. The van der Waals surface area contributed by atoms with E-state index in [0.29, 0.717) is 19.4 Å². The molecular weight excluding hydrogens is 387 g/mol. The number of carbonyl (C=O) groups excluding carboxylic acids is 1. The molecule has 0 saturated carbocycles. The van der Waals surface area contributed by atoms with E-state index >= 15 is 0 Å². The number of anilines is 1. The van der Waals surface area contributed by atoms with E-state index in [1.54, 1.807) is 6.92 Å². The fraction of sp³-hybridized carbons (Fsp3) is 0.611. The summed E-state index contributed by atoms with van der Waals surface area (Å²) in [7, 11) is 0. The molecule has 1 N–H and O–H groups in total. The Bertz CT molecular complexity index is 848. The molecule has 1 amide bonds. The average molecular weight is 404 g/mol. The molecule has 146 valence electrons. The molecule has 0 aliphatic carbocycles. The second-order valence-corrected chi connectivity index (χ2v) is 8.36. The zero-order valence-corrected chi connectivity index (χ0v) is 15.0. The molecule has 9 heteroatoms. The lowest BCUT2D eigenvalue weighted by molar-refractivity contribution is -0.143. The van der Waals surface area contributed by atoms with Crippen LogP contribution in [-0.2, 0) is 20.4 Å². The van der Waals surface area contributed by atoms with Crippen LogP contribution in [0.2, 0.25) is 5.02 Å². The van der Waals surface area contributed by atoms with Gasteiger partial charge >= 0.3 is 6.18 Å². The Morgan fingerprint density at radius 2 is 2.11 bits per heavy atom. The van der Waals surface area contributed by atoms with Crippen molar-refractivity contribution in [2.24, 2.45) is 11.8 Å². The Labute approximate surface area is 158 Å². The van der Waals surface area contributed by atoms with Crippen LogP contribution in [0, 0.1) is 11.8 Å². The van der Waals surface area contributed by atoms with Crippen LogP contribution in [0.5, 0.6) is 0 Å². The predicted octanol–water partition coefficient (Wildman–Crippen LogP) is 2.98. The topological polar surface area (TPSA) is 59.0 Å². The van der Waals surface area contributed by atoms with Gasteiger partial charge in [-0.15, -0.1) is 0 Å². The summed E-state index contributed by atoms with van der Waals surface area (Å²) >= 11 is 5.71. The Morgan fingerprint density at radius 3 is 2.81 bits per heavy atom. The first-order valence-electron chi connectivity index (χ1n) is 8.78. The number of nitrogens with zero attached hydrogens (tertiary/aromatic N) is 1. The number of ether oxygens (including phenoxy) is 2. The van der Waals surface area contributed by atoms with E-state index in [9.17, 15) is 23.1 Å². The number of aliphatic hydroxyl groups excluding tert-OH is 1. The van der Waals surface area contributed by atoms with Gasteiger partial charge in [-0.05, 0) is 25.1 Å². The molecule has 4 fully saturated rings. The first-order valence-corrected chi connectivity index (χ1v) is 9.16. The van der Waals surface area contributed by atoms with Crippen molar-refractivity contribution in [3.05, 3.63) is 28.8 Å². The number of hydrogen-bond donors (Lipinski definition) is 1. The minimum absolute atomic E-state index is 0.0886. The van der Waals surface area contributed by atoms with Crippen molar-refractivity contribution in [2.75, 3.05) is 11.5 Å². The zero-order valence-electron chi connectivity index (χ0n) is 14.3. The smallest absolute Gasteiger partial charge is 0.390 e. The molecule has 4 aliphatic rings. The van der Waals surface area contributed by atoms with Crippen molar-refractivity contribution >= 4 is 23.2 Å². The minimum Gasteiger partial charge on any atom is -0.390 e. The monoisotopic (exact) mass is 403 g/mol. The summed E-state index contributed by atoms with van der Waals surface area (Å²) in [5.74, 6) is -1.36. The summed E-state index contributed by atoms with van der Waals surface area (Å²) in [4.78, 5) is 14.5. The molecule has 0 unspecified atom stereocenters. The van der Waals surface area contributed by atoms with Crippen LogP contribution in [0.15, 0.2) is 18.2 Å². The highest BCUT2D eigenvalue weighted by atomic mass is 35.5. The van der Waals surface area contributed by atoms with E-state index in [4.69, 9.17) is 21.1 Å². The predicted molar refractivity (Wildman–Crippen MR) is 88.1 cm³/mol. The standard InChI is InChI=1S/C18H17ClF3NO4/c1-16-11(24)7-17(27-16)4-5-26-15-13(17)12(16)14(25)23(15)8-2-3-10(19)9(6-8)18(20,21)22/h2-3,6,11-13,15,24H,4-5,7H2,1H3/t11-,12-,13+,15+,16-,17+/m1/s1. The molecule has 4 saturated heterocycles. The molecule has 6 atom stereocenters. The number of alkyl halides is 3. The maximum atomic E-state index is 13.3. The molecule has 27 heavy (non-hydrogen) atoms. The highest BCUT2D eigenvalue weighted by Gasteiger charge is 2.77. The van der Waals surface area contributed by atoms with Crippen LogP contribution >= 0.6 is 11.6 Å². The minimum atomic E-state index is -4.63. The maximum absolute atomic E-state index is 13.3. The van der Waals surface area contributed by atoms with Gasteiger partial charge < -0.3 is 14.6 Å². The van der Waals surface area contributed by atoms with Gasteiger partial charge in [-0.1, -0.05) is 11.6 Å². The van der Waals surface area contributed by atoms with Crippen molar-refractivity contribution in [1.29, 1.82) is 0 Å². The van der Waals surface area contributed by atoms with Crippen molar-refractivity contribution in [1.82, 2.24) is 0 Å². The van der Waals surface area contributed by atoms with Crippen LogP contribution < -0.4 is 4.90 Å². The first kappa shape index (κ1) is 17.7. The molecule has 1 aromatic rings. The average Bonchev–Trinajstić information content (AvgIpc) is 3.11. The molecule has 4 heterocycles. The third-order valence-electron chi connectivity index (χ3n) is 6.62. The molecule has 1 aromatic carbocycles. The van der Waals surface area contributed by atoms with Gasteiger partial charge in [0.1, 0.15) is 11.8 Å². The molecule has 5 nitrogen and oxygen atoms in total. The summed E-state index contributed by atoms with van der Waals surface area (Å²) in [6.07, 6.45) is -5.19. The van der Waals surface area contributed by atoms with E-state index < -0.39 is 46.2 Å². The molecule has 0 radical (unpaired) electrons. The number of carbonyl (C=O) groups is 1. The van der Waals surface area contributed by atoms with Crippen molar-refractivity contribution < 1.29 is 32.5 Å². The lowest BCUT2D eigenvalue weighted by atomic mass is 9.65. The highest BCUT2D eigenvalue weighted by Crippen LogP contribution is 2.65. The van der Waals surface area contributed by atoms with E-state index in [-0.39, 0.29) is 17.5 Å². The molecular formula is C18H17ClF3NO4. The molecule has 0 aromatic heterocycles. The Balaban J connectivity index is 1.62. The number of benzene rings is 1. The van der Waals surface area contributed by atoms with Gasteiger partial charge in [0, 0.05) is 24.4 Å². The lowest BCUT2D eigenvalue weighted by Crippen LogP contribution is -2.53. The van der Waals surface area contributed by atoms with Crippen LogP contribution in [0.1, 0.15) is 25.3 Å². The Kier molecular flexibility index (Phi) is 3.39. The van der Waals surface area contributed by atoms with E-state index in [2.05, 4.69) is 0 Å². The fourth-order valence-corrected chi connectivity index (χ4v) is 5.70.